The van der Waals surface area contributed by atoms with Gasteiger partial charge in [-0.1, -0.05) is 13.8 Å². The molecule has 0 atom stereocenters. The van der Waals surface area contributed by atoms with Gasteiger partial charge in [0.15, 0.2) is 5.96 Å². The first kappa shape index (κ1) is 21.6. The molecular formula is C14H26IN5O2S2. The number of nitrogens with one attached hydrogen (secondary N) is 2. The fraction of sp³-hybridized carbons (Fsp3) is 0.714. The minimum Gasteiger partial charge on any atom is -0.355 e. The highest BCUT2D eigenvalue weighted by Gasteiger charge is 2.27. The van der Waals surface area contributed by atoms with E-state index in [2.05, 4.69) is 39.8 Å². The van der Waals surface area contributed by atoms with Crippen LogP contribution in [-0.4, -0.2) is 56.1 Å². The summed E-state index contributed by atoms with van der Waals surface area (Å²) in [5.74, 6) is 1.35. The summed E-state index contributed by atoms with van der Waals surface area (Å²) < 4.78 is 25.0. The van der Waals surface area contributed by atoms with Crippen molar-refractivity contribution in [2.45, 2.75) is 32.7 Å². The van der Waals surface area contributed by atoms with Crippen molar-refractivity contribution in [3.63, 3.8) is 0 Å². The predicted octanol–water partition coefficient (Wildman–Crippen LogP) is 1.58. The van der Waals surface area contributed by atoms with Crippen LogP contribution in [0.1, 0.15) is 36.9 Å². The van der Waals surface area contributed by atoms with Crippen molar-refractivity contribution in [2.24, 2.45) is 4.99 Å². The molecule has 1 aromatic rings. The normalized spacial score (nSPS) is 17.8. The molecule has 1 fully saturated rings. The molecule has 2 heterocycles. The fourth-order valence-electron chi connectivity index (χ4n) is 2.29. The van der Waals surface area contributed by atoms with Crippen LogP contribution in [-0.2, 0) is 16.6 Å². The number of sulfonamides is 1. The molecule has 2 N–H and O–H groups in total. The minimum absolute atomic E-state index is 0. The Labute approximate surface area is 165 Å². The topological polar surface area (TPSA) is 86.7 Å². The Balaban J connectivity index is 0.00000288. The summed E-state index contributed by atoms with van der Waals surface area (Å²) in [5.41, 5.74) is 1.11. The van der Waals surface area contributed by atoms with Gasteiger partial charge in [-0.3, -0.25) is 4.99 Å². The van der Waals surface area contributed by atoms with Crippen LogP contribution in [0.3, 0.4) is 0 Å². The second-order valence-electron chi connectivity index (χ2n) is 5.74. The molecule has 0 spiro atoms. The summed E-state index contributed by atoms with van der Waals surface area (Å²) in [4.78, 5) is 8.71. The van der Waals surface area contributed by atoms with Crippen LogP contribution in [0.5, 0.6) is 0 Å². The molecule has 0 radical (unpaired) electrons. The van der Waals surface area contributed by atoms with E-state index in [1.54, 1.807) is 18.4 Å². The zero-order valence-corrected chi connectivity index (χ0v) is 18.2. The van der Waals surface area contributed by atoms with Gasteiger partial charge in [0.05, 0.1) is 18.0 Å². The largest absolute Gasteiger partial charge is 0.355 e. The van der Waals surface area contributed by atoms with Crippen molar-refractivity contribution in [2.75, 3.05) is 32.4 Å². The third kappa shape index (κ3) is 6.12. The maximum Gasteiger partial charge on any atom is 0.214 e. The first-order valence-corrected chi connectivity index (χ1v) is 10.3. The van der Waals surface area contributed by atoms with Gasteiger partial charge in [0.25, 0.3) is 0 Å². The van der Waals surface area contributed by atoms with Crippen LogP contribution in [0.15, 0.2) is 10.4 Å². The van der Waals surface area contributed by atoms with Gasteiger partial charge in [-0.05, 0) is 12.3 Å². The van der Waals surface area contributed by atoms with E-state index in [9.17, 15) is 8.42 Å². The van der Waals surface area contributed by atoms with Crippen LogP contribution in [0.2, 0.25) is 0 Å². The van der Waals surface area contributed by atoms with Crippen molar-refractivity contribution in [3.05, 3.63) is 16.1 Å². The summed E-state index contributed by atoms with van der Waals surface area (Å²) in [6.45, 7) is 6.48. The molecule has 0 bridgehead atoms. The second kappa shape index (κ2) is 9.88. The van der Waals surface area contributed by atoms with E-state index in [4.69, 9.17) is 0 Å². The summed E-state index contributed by atoms with van der Waals surface area (Å²) in [5, 5.41) is 9.44. The lowest BCUT2D eigenvalue weighted by atomic mass is 10.2. The highest BCUT2D eigenvalue weighted by molar-refractivity contribution is 14.0. The maximum absolute atomic E-state index is 11.7. The molecule has 0 aliphatic carbocycles. The smallest absolute Gasteiger partial charge is 0.214 e. The second-order valence-corrected chi connectivity index (χ2v) is 8.77. The number of hydrogen-bond donors (Lipinski definition) is 2. The van der Waals surface area contributed by atoms with Gasteiger partial charge in [-0.15, -0.1) is 35.3 Å². The average Bonchev–Trinajstić information content (AvgIpc) is 3.09. The Hall–Kier alpha value is -0.460. The third-order valence-corrected chi connectivity index (χ3v) is 6.47. The molecule has 24 heavy (non-hydrogen) atoms. The van der Waals surface area contributed by atoms with Crippen molar-refractivity contribution >= 4 is 51.3 Å². The van der Waals surface area contributed by atoms with Crippen LogP contribution in [0.25, 0.3) is 0 Å². The molecular weight excluding hydrogens is 461 g/mol. The van der Waals surface area contributed by atoms with Crippen LogP contribution >= 0.6 is 35.3 Å². The van der Waals surface area contributed by atoms with Crippen molar-refractivity contribution in [1.82, 2.24) is 19.9 Å². The predicted molar refractivity (Wildman–Crippen MR) is 110 cm³/mol. The highest BCUT2D eigenvalue weighted by Crippen LogP contribution is 2.17. The number of aromatic nitrogens is 1. The first-order chi connectivity index (χ1) is 10.9. The number of rotatable bonds is 6. The zero-order valence-electron chi connectivity index (χ0n) is 14.3. The van der Waals surface area contributed by atoms with Crippen LogP contribution < -0.4 is 10.6 Å². The Morgan fingerprint density at radius 1 is 1.46 bits per heavy atom. The van der Waals surface area contributed by atoms with Gasteiger partial charge in [0.1, 0.15) is 5.01 Å². The summed E-state index contributed by atoms with van der Waals surface area (Å²) in [7, 11) is -1.33. The summed E-state index contributed by atoms with van der Waals surface area (Å²) in [6.07, 6.45) is 0.720. The van der Waals surface area contributed by atoms with Gasteiger partial charge in [-0.2, -0.15) is 0 Å². The molecule has 10 heteroatoms. The monoisotopic (exact) mass is 487 g/mol. The van der Waals surface area contributed by atoms with Gasteiger partial charge in [0.2, 0.25) is 10.0 Å². The molecule has 0 saturated carbocycles. The Bertz CT molecular complexity index is 645. The maximum atomic E-state index is 11.7. The third-order valence-electron chi connectivity index (χ3n) is 3.65. The Morgan fingerprint density at radius 3 is 2.75 bits per heavy atom. The molecule has 7 nitrogen and oxygen atoms in total. The zero-order chi connectivity index (χ0) is 16.9. The molecule has 0 amide bonds. The van der Waals surface area contributed by atoms with E-state index in [0.29, 0.717) is 38.1 Å². The minimum atomic E-state index is -3.03. The van der Waals surface area contributed by atoms with E-state index < -0.39 is 10.0 Å². The molecule has 0 aromatic carbocycles. The highest BCUT2D eigenvalue weighted by atomic mass is 127. The number of halogens is 1. The summed E-state index contributed by atoms with van der Waals surface area (Å²) in [6, 6.07) is 0. The molecule has 1 saturated heterocycles. The lowest BCUT2D eigenvalue weighted by Gasteiger charge is -2.16. The number of thiazole rings is 1. The number of aliphatic imine (C=N–C) groups is 1. The van der Waals surface area contributed by atoms with Gasteiger partial charge in [0, 0.05) is 32.1 Å². The molecule has 1 aliphatic heterocycles. The average molecular weight is 487 g/mol. The summed E-state index contributed by atoms with van der Waals surface area (Å²) >= 11 is 1.63. The lowest BCUT2D eigenvalue weighted by molar-refractivity contribution is 0.445. The van der Waals surface area contributed by atoms with Gasteiger partial charge in [-0.25, -0.2) is 17.7 Å². The Kier molecular flexibility index (Phi) is 8.88. The molecule has 2 rings (SSSR count). The SMILES string of the molecule is CN=C(NCCN1CCCS1(=O)=O)NCc1nc(C(C)C)cs1.I. The van der Waals surface area contributed by atoms with Gasteiger partial charge < -0.3 is 10.6 Å². The van der Waals surface area contributed by atoms with Crippen LogP contribution in [0, 0.1) is 0 Å². The molecule has 0 unspecified atom stereocenters. The number of hydrogen-bond acceptors (Lipinski definition) is 5. The molecule has 1 aromatic heterocycles. The van der Waals surface area contributed by atoms with Crippen LogP contribution in [0.4, 0.5) is 0 Å². The van der Waals surface area contributed by atoms with E-state index in [0.717, 1.165) is 17.1 Å². The quantitative estimate of drug-likeness (QED) is 0.362. The van der Waals surface area contributed by atoms with E-state index in [1.165, 1.54) is 4.31 Å². The van der Waals surface area contributed by atoms with Crippen molar-refractivity contribution < 1.29 is 8.42 Å². The van der Waals surface area contributed by atoms with E-state index >= 15 is 0 Å². The standard InChI is InChI=1S/C14H25N5O2S2.HI/c1-11(2)12-10-22-13(18-12)9-17-14(15-3)16-5-7-19-6-4-8-23(19,20)21;/h10-11H,4-9H2,1-3H3,(H2,15,16,17);1H. The van der Waals surface area contributed by atoms with E-state index in [1.807, 2.05) is 0 Å². The fourth-order valence-corrected chi connectivity index (χ4v) is 4.72. The number of guanidine groups is 1. The molecule has 138 valence electrons. The van der Waals surface area contributed by atoms with E-state index in [-0.39, 0.29) is 29.7 Å². The van der Waals surface area contributed by atoms with Gasteiger partial charge >= 0.3 is 0 Å². The Morgan fingerprint density at radius 2 is 2.21 bits per heavy atom. The van der Waals surface area contributed by atoms with Crippen molar-refractivity contribution in [3.8, 4) is 0 Å². The van der Waals surface area contributed by atoms with Crippen molar-refractivity contribution in [1.29, 1.82) is 0 Å². The lowest BCUT2D eigenvalue weighted by Crippen LogP contribution is -2.41. The number of nitrogens with zero attached hydrogens (tertiary/aromatic N) is 3. The molecule has 1 aliphatic rings. The first-order valence-electron chi connectivity index (χ1n) is 7.79.